The summed E-state index contributed by atoms with van der Waals surface area (Å²) in [5, 5.41) is 7.45. The Labute approximate surface area is 85.7 Å². The number of rotatable bonds is 5. The Hall–Kier alpha value is -0.900. The van der Waals surface area contributed by atoms with Crippen LogP contribution in [0.3, 0.4) is 0 Å². The second-order valence-electron chi connectivity index (χ2n) is 4.21. The highest BCUT2D eigenvalue weighted by Gasteiger charge is 2.06. The third-order valence-corrected chi connectivity index (χ3v) is 2.24. The molecular formula is C10H20N4. The first-order chi connectivity index (χ1) is 6.59. The highest BCUT2D eigenvalue weighted by atomic mass is 15.3. The van der Waals surface area contributed by atoms with Crippen molar-refractivity contribution in [1.29, 1.82) is 0 Å². The molecule has 1 atom stereocenters. The number of aromatic nitrogens is 3. The van der Waals surface area contributed by atoms with Crippen LogP contribution in [0.15, 0.2) is 6.33 Å². The highest BCUT2D eigenvalue weighted by Crippen LogP contribution is 2.04. The van der Waals surface area contributed by atoms with Crippen molar-refractivity contribution < 1.29 is 0 Å². The van der Waals surface area contributed by atoms with E-state index in [-0.39, 0.29) is 0 Å². The van der Waals surface area contributed by atoms with Crippen LogP contribution in [0.5, 0.6) is 0 Å². The number of nitrogens with one attached hydrogen (secondary N) is 1. The molecule has 0 aliphatic heterocycles. The minimum atomic E-state index is 0.534. The van der Waals surface area contributed by atoms with Gasteiger partial charge in [-0.1, -0.05) is 13.8 Å². The molecule has 4 nitrogen and oxygen atoms in total. The van der Waals surface area contributed by atoms with E-state index in [1.165, 1.54) is 6.42 Å². The van der Waals surface area contributed by atoms with Crippen molar-refractivity contribution in [1.82, 2.24) is 20.1 Å². The van der Waals surface area contributed by atoms with Crippen LogP contribution in [-0.4, -0.2) is 20.8 Å². The van der Waals surface area contributed by atoms with E-state index in [0.29, 0.717) is 6.04 Å². The van der Waals surface area contributed by atoms with Crippen molar-refractivity contribution in [2.75, 3.05) is 0 Å². The number of hydrogen-bond acceptors (Lipinski definition) is 3. The van der Waals surface area contributed by atoms with Gasteiger partial charge in [-0.2, -0.15) is 5.10 Å². The van der Waals surface area contributed by atoms with E-state index in [1.54, 1.807) is 11.0 Å². The Morgan fingerprint density at radius 1 is 1.43 bits per heavy atom. The third kappa shape index (κ3) is 3.46. The Balaban J connectivity index is 2.30. The van der Waals surface area contributed by atoms with Gasteiger partial charge in [-0.3, -0.25) is 4.68 Å². The first-order valence-electron chi connectivity index (χ1n) is 5.16. The number of aryl methyl sites for hydroxylation is 1. The lowest BCUT2D eigenvalue weighted by molar-refractivity contribution is 0.432. The predicted molar refractivity (Wildman–Crippen MR) is 56.8 cm³/mol. The van der Waals surface area contributed by atoms with Crippen molar-refractivity contribution in [2.45, 2.75) is 39.8 Å². The normalized spacial score (nSPS) is 13.5. The maximum absolute atomic E-state index is 4.16. The van der Waals surface area contributed by atoms with Crippen LogP contribution in [0.25, 0.3) is 0 Å². The molecule has 0 aliphatic rings. The average Bonchev–Trinajstić information content (AvgIpc) is 2.46. The molecule has 0 spiro atoms. The SMILES string of the molecule is CC(C)CC(C)NCc1ncnn1C. The van der Waals surface area contributed by atoms with Gasteiger partial charge in [0.1, 0.15) is 12.2 Å². The highest BCUT2D eigenvalue weighted by molar-refractivity contribution is 4.83. The summed E-state index contributed by atoms with van der Waals surface area (Å²) in [5.74, 6) is 1.72. The van der Waals surface area contributed by atoms with Gasteiger partial charge in [-0.25, -0.2) is 4.98 Å². The average molecular weight is 196 g/mol. The predicted octanol–water partition coefficient (Wildman–Crippen LogP) is 1.34. The van der Waals surface area contributed by atoms with E-state index in [2.05, 4.69) is 36.2 Å². The first-order valence-corrected chi connectivity index (χ1v) is 5.16. The lowest BCUT2D eigenvalue weighted by atomic mass is 10.1. The Kier molecular flexibility index (Phi) is 4.07. The standard InChI is InChI=1S/C10H20N4/c1-8(2)5-9(3)11-6-10-12-7-13-14(10)4/h7-9,11H,5-6H2,1-4H3. The summed E-state index contributed by atoms with van der Waals surface area (Å²) in [6.45, 7) is 7.47. The summed E-state index contributed by atoms with van der Waals surface area (Å²) < 4.78 is 1.80. The van der Waals surface area contributed by atoms with Gasteiger partial charge in [0, 0.05) is 13.1 Å². The second kappa shape index (κ2) is 5.10. The summed E-state index contributed by atoms with van der Waals surface area (Å²) in [6, 6.07) is 0.534. The van der Waals surface area contributed by atoms with E-state index >= 15 is 0 Å². The van der Waals surface area contributed by atoms with Crippen LogP contribution in [0.1, 0.15) is 33.0 Å². The molecule has 0 fully saturated rings. The molecule has 0 saturated heterocycles. The second-order valence-corrected chi connectivity index (χ2v) is 4.21. The van der Waals surface area contributed by atoms with Gasteiger partial charge < -0.3 is 5.32 Å². The zero-order valence-electron chi connectivity index (χ0n) is 9.49. The molecule has 1 rings (SSSR count). The molecule has 1 heterocycles. The summed E-state index contributed by atoms with van der Waals surface area (Å²) >= 11 is 0. The van der Waals surface area contributed by atoms with Crippen LogP contribution >= 0.6 is 0 Å². The van der Waals surface area contributed by atoms with Gasteiger partial charge in [-0.15, -0.1) is 0 Å². The maximum Gasteiger partial charge on any atom is 0.140 e. The largest absolute Gasteiger partial charge is 0.307 e. The Morgan fingerprint density at radius 2 is 2.14 bits per heavy atom. The smallest absolute Gasteiger partial charge is 0.140 e. The molecule has 0 aromatic carbocycles. The minimum absolute atomic E-state index is 0.534. The minimum Gasteiger partial charge on any atom is -0.307 e. The lowest BCUT2D eigenvalue weighted by Gasteiger charge is -2.15. The summed E-state index contributed by atoms with van der Waals surface area (Å²) in [5.41, 5.74) is 0. The molecule has 0 radical (unpaired) electrons. The van der Waals surface area contributed by atoms with Crippen molar-refractivity contribution in [3.05, 3.63) is 12.2 Å². The van der Waals surface area contributed by atoms with Gasteiger partial charge >= 0.3 is 0 Å². The molecule has 0 bridgehead atoms. The molecule has 4 heteroatoms. The van der Waals surface area contributed by atoms with Crippen molar-refractivity contribution in [2.24, 2.45) is 13.0 Å². The monoisotopic (exact) mass is 196 g/mol. The molecule has 0 aliphatic carbocycles. The van der Waals surface area contributed by atoms with Gasteiger partial charge in [0.2, 0.25) is 0 Å². The fraction of sp³-hybridized carbons (Fsp3) is 0.800. The van der Waals surface area contributed by atoms with Gasteiger partial charge in [0.25, 0.3) is 0 Å². The molecule has 0 amide bonds. The zero-order valence-corrected chi connectivity index (χ0v) is 9.49. The first kappa shape index (κ1) is 11.2. The quantitative estimate of drug-likeness (QED) is 0.772. The number of hydrogen-bond donors (Lipinski definition) is 1. The zero-order chi connectivity index (χ0) is 10.6. The molecule has 0 saturated carbocycles. The molecule has 1 aromatic heterocycles. The number of nitrogens with zero attached hydrogens (tertiary/aromatic N) is 3. The molecule has 14 heavy (non-hydrogen) atoms. The Morgan fingerprint density at radius 3 is 2.64 bits per heavy atom. The fourth-order valence-corrected chi connectivity index (χ4v) is 1.54. The van der Waals surface area contributed by atoms with Crippen molar-refractivity contribution in [3.8, 4) is 0 Å². The van der Waals surface area contributed by atoms with Gasteiger partial charge in [-0.05, 0) is 19.3 Å². The van der Waals surface area contributed by atoms with E-state index in [0.717, 1.165) is 18.3 Å². The summed E-state index contributed by atoms with van der Waals surface area (Å²) in [4.78, 5) is 4.16. The van der Waals surface area contributed by atoms with Gasteiger partial charge in [0.05, 0.1) is 6.54 Å². The topological polar surface area (TPSA) is 42.7 Å². The van der Waals surface area contributed by atoms with Crippen LogP contribution < -0.4 is 5.32 Å². The maximum atomic E-state index is 4.16. The molecule has 1 N–H and O–H groups in total. The van der Waals surface area contributed by atoms with E-state index in [9.17, 15) is 0 Å². The van der Waals surface area contributed by atoms with Gasteiger partial charge in [0.15, 0.2) is 0 Å². The fourth-order valence-electron chi connectivity index (χ4n) is 1.54. The van der Waals surface area contributed by atoms with Crippen molar-refractivity contribution >= 4 is 0 Å². The van der Waals surface area contributed by atoms with E-state index in [1.807, 2.05) is 7.05 Å². The van der Waals surface area contributed by atoms with Crippen molar-refractivity contribution in [3.63, 3.8) is 0 Å². The van der Waals surface area contributed by atoms with Crippen LogP contribution in [0.4, 0.5) is 0 Å². The Bertz CT molecular complexity index is 267. The van der Waals surface area contributed by atoms with Crippen LogP contribution in [-0.2, 0) is 13.6 Å². The summed E-state index contributed by atoms with van der Waals surface area (Å²) in [6.07, 6.45) is 2.78. The van der Waals surface area contributed by atoms with E-state index in [4.69, 9.17) is 0 Å². The third-order valence-electron chi connectivity index (χ3n) is 2.24. The molecule has 1 aromatic rings. The van der Waals surface area contributed by atoms with Crippen LogP contribution in [0.2, 0.25) is 0 Å². The van der Waals surface area contributed by atoms with E-state index < -0.39 is 0 Å². The lowest BCUT2D eigenvalue weighted by Crippen LogP contribution is -2.28. The van der Waals surface area contributed by atoms with Crippen LogP contribution in [0, 0.1) is 5.92 Å². The molecule has 80 valence electrons. The molecular weight excluding hydrogens is 176 g/mol. The summed E-state index contributed by atoms with van der Waals surface area (Å²) in [7, 11) is 1.91. The molecule has 1 unspecified atom stereocenters.